The number of hydrogen-bond acceptors (Lipinski definition) is 2. The monoisotopic (exact) mass is 283 g/mol. The number of nitrogens with one attached hydrogen (secondary N) is 1. The van der Waals surface area contributed by atoms with Gasteiger partial charge in [0.15, 0.2) is 0 Å². The van der Waals surface area contributed by atoms with Gasteiger partial charge < -0.3 is 10.4 Å². The number of phenolic OH excluding ortho intramolecular Hbond substituents is 1. The Balaban J connectivity index is 0.000000963. The van der Waals surface area contributed by atoms with E-state index in [0.717, 1.165) is 13.0 Å². The summed E-state index contributed by atoms with van der Waals surface area (Å²) in [5.41, 5.74) is 2.58. The van der Waals surface area contributed by atoms with Gasteiger partial charge in [0.2, 0.25) is 0 Å². The van der Waals surface area contributed by atoms with E-state index < -0.39 is 0 Å². The standard InChI is InChI=1S/C13H17NO.BrH/c15-13-5-1-3-9-10-4-2-8-14-12(10)7-6-11(9)13;/h1,3,5,10,12,14-15H,2,4,6-8H2;1H/t10-,12-;/m1./s1. The summed E-state index contributed by atoms with van der Waals surface area (Å²) in [4.78, 5) is 0. The largest absolute Gasteiger partial charge is 0.508 e. The van der Waals surface area contributed by atoms with Gasteiger partial charge in [-0.2, -0.15) is 0 Å². The van der Waals surface area contributed by atoms with Crippen LogP contribution in [0.3, 0.4) is 0 Å². The van der Waals surface area contributed by atoms with Crippen LogP contribution < -0.4 is 5.32 Å². The molecule has 3 heteroatoms. The molecule has 2 aliphatic rings. The summed E-state index contributed by atoms with van der Waals surface area (Å²) < 4.78 is 0. The summed E-state index contributed by atoms with van der Waals surface area (Å²) in [6, 6.07) is 6.63. The summed E-state index contributed by atoms with van der Waals surface area (Å²) in [5.74, 6) is 1.13. The van der Waals surface area contributed by atoms with Gasteiger partial charge in [0.1, 0.15) is 5.75 Å². The number of fused-ring (bicyclic) bond motifs is 3. The van der Waals surface area contributed by atoms with Gasteiger partial charge in [0.05, 0.1) is 0 Å². The van der Waals surface area contributed by atoms with Gasteiger partial charge in [-0.25, -0.2) is 0 Å². The van der Waals surface area contributed by atoms with Crippen LogP contribution in [0, 0.1) is 0 Å². The number of aromatic hydroxyl groups is 1. The highest BCUT2D eigenvalue weighted by Crippen LogP contribution is 2.39. The Morgan fingerprint density at radius 1 is 1.25 bits per heavy atom. The molecule has 0 radical (unpaired) electrons. The highest BCUT2D eigenvalue weighted by molar-refractivity contribution is 8.93. The predicted molar refractivity (Wildman–Crippen MR) is 70.5 cm³/mol. The summed E-state index contributed by atoms with van der Waals surface area (Å²) in [5, 5.41) is 13.4. The second-order valence-corrected chi connectivity index (χ2v) is 4.69. The van der Waals surface area contributed by atoms with Gasteiger partial charge in [-0.05, 0) is 55.3 Å². The molecular weight excluding hydrogens is 266 g/mol. The third-order valence-corrected chi connectivity index (χ3v) is 3.88. The van der Waals surface area contributed by atoms with E-state index in [2.05, 4.69) is 11.4 Å². The minimum atomic E-state index is 0. The summed E-state index contributed by atoms with van der Waals surface area (Å²) in [7, 11) is 0. The molecule has 1 saturated heterocycles. The molecule has 0 aromatic heterocycles. The second-order valence-electron chi connectivity index (χ2n) is 4.69. The molecule has 88 valence electrons. The Bertz CT molecular complexity index is 380. The maximum atomic E-state index is 9.83. The third kappa shape index (κ3) is 1.87. The summed E-state index contributed by atoms with van der Waals surface area (Å²) >= 11 is 0. The van der Waals surface area contributed by atoms with E-state index in [1.54, 1.807) is 0 Å². The first-order chi connectivity index (χ1) is 7.36. The van der Waals surface area contributed by atoms with Gasteiger partial charge in [-0.3, -0.25) is 0 Å². The van der Waals surface area contributed by atoms with Gasteiger partial charge in [0, 0.05) is 6.04 Å². The second kappa shape index (κ2) is 4.76. The lowest BCUT2D eigenvalue weighted by atomic mass is 9.75. The molecule has 1 heterocycles. The Labute approximate surface area is 107 Å². The van der Waals surface area contributed by atoms with E-state index in [1.165, 1.54) is 30.4 Å². The molecule has 0 saturated carbocycles. The summed E-state index contributed by atoms with van der Waals surface area (Å²) in [6.07, 6.45) is 4.73. The van der Waals surface area contributed by atoms with Crippen LogP contribution in [0.5, 0.6) is 5.75 Å². The first-order valence-electron chi connectivity index (χ1n) is 5.90. The van der Waals surface area contributed by atoms with Crippen LogP contribution in [-0.2, 0) is 6.42 Å². The van der Waals surface area contributed by atoms with Crippen LogP contribution in [0.1, 0.15) is 36.3 Å². The highest BCUT2D eigenvalue weighted by atomic mass is 79.9. The van der Waals surface area contributed by atoms with Crippen LogP contribution in [0.15, 0.2) is 18.2 Å². The zero-order valence-electron chi connectivity index (χ0n) is 9.28. The van der Waals surface area contributed by atoms with E-state index in [0.29, 0.717) is 17.7 Å². The third-order valence-electron chi connectivity index (χ3n) is 3.88. The highest BCUT2D eigenvalue weighted by Gasteiger charge is 2.32. The van der Waals surface area contributed by atoms with E-state index in [-0.39, 0.29) is 17.0 Å². The molecule has 1 aliphatic carbocycles. The first kappa shape index (κ1) is 11.9. The molecule has 2 nitrogen and oxygen atoms in total. The van der Waals surface area contributed by atoms with Crippen molar-refractivity contribution in [2.24, 2.45) is 0 Å². The van der Waals surface area contributed by atoms with Crippen molar-refractivity contribution in [3.63, 3.8) is 0 Å². The fourth-order valence-electron chi connectivity index (χ4n) is 3.14. The van der Waals surface area contributed by atoms with Crippen LogP contribution in [0.4, 0.5) is 0 Å². The molecule has 0 amide bonds. The lowest BCUT2D eigenvalue weighted by Gasteiger charge is -2.38. The number of halogens is 1. The number of piperidine rings is 1. The Kier molecular flexibility index (Phi) is 3.55. The van der Waals surface area contributed by atoms with E-state index >= 15 is 0 Å². The topological polar surface area (TPSA) is 32.3 Å². The molecule has 1 aromatic carbocycles. The van der Waals surface area contributed by atoms with Crippen molar-refractivity contribution in [1.29, 1.82) is 0 Å². The fourth-order valence-corrected chi connectivity index (χ4v) is 3.14. The molecular formula is C13H18BrNO. The van der Waals surface area contributed by atoms with Crippen molar-refractivity contribution in [3.8, 4) is 5.75 Å². The predicted octanol–water partition coefficient (Wildman–Crippen LogP) is 2.75. The van der Waals surface area contributed by atoms with Gasteiger partial charge in [-0.15, -0.1) is 17.0 Å². The molecule has 2 atom stereocenters. The van der Waals surface area contributed by atoms with Crippen molar-refractivity contribution in [2.45, 2.75) is 37.6 Å². The quantitative estimate of drug-likeness (QED) is 0.768. The lowest BCUT2D eigenvalue weighted by Crippen LogP contribution is -2.42. The number of rotatable bonds is 0. The van der Waals surface area contributed by atoms with Gasteiger partial charge in [-0.1, -0.05) is 12.1 Å². The lowest BCUT2D eigenvalue weighted by molar-refractivity contribution is 0.315. The number of phenols is 1. The zero-order chi connectivity index (χ0) is 10.3. The van der Waals surface area contributed by atoms with Gasteiger partial charge in [0.25, 0.3) is 0 Å². The van der Waals surface area contributed by atoms with Crippen LogP contribution >= 0.6 is 17.0 Å². The van der Waals surface area contributed by atoms with Crippen LogP contribution in [0.2, 0.25) is 0 Å². The van der Waals surface area contributed by atoms with Crippen molar-refractivity contribution in [1.82, 2.24) is 5.32 Å². The maximum Gasteiger partial charge on any atom is 0.119 e. The molecule has 0 spiro atoms. The molecule has 2 N–H and O–H groups in total. The Morgan fingerprint density at radius 2 is 2.12 bits per heavy atom. The SMILES string of the molecule is Br.Oc1cccc2c1CC[C@H]1NCCC[C@H]21. The summed E-state index contributed by atoms with van der Waals surface area (Å²) in [6.45, 7) is 1.16. The normalized spacial score (nSPS) is 27.5. The molecule has 0 unspecified atom stereocenters. The number of hydrogen-bond donors (Lipinski definition) is 2. The molecule has 1 fully saturated rings. The van der Waals surface area contributed by atoms with E-state index in [4.69, 9.17) is 0 Å². The van der Waals surface area contributed by atoms with Crippen molar-refractivity contribution < 1.29 is 5.11 Å². The molecule has 3 rings (SSSR count). The fraction of sp³-hybridized carbons (Fsp3) is 0.538. The van der Waals surface area contributed by atoms with Gasteiger partial charge >= 0.3 is 0 Å². The van der Waals surface area contributed by atoms with Crippen LogP contribution in [0.25, 0.3) is 0 Å². The Hall–Kier alpha value is -0.540. The molecule has 16 heavy (non-hydrogen) atoms. The molecule has 1 aromatic rings. The first-order valence-corrected chi connectivity index (χ1v) is 5.90. The maximum absolute atomic E-state index is 9.83. The minimum absolute atomic E-state index is 0. The van der Waals surface area contributed by atoms with E-state index in [9.17, 15) is 5.11 Å². The van der Waals surface area contributed by atoms with Crippen molar-refractivity contribution in [2.75, 3.05) is 6.54 Å². The van der Waals surface area contributed by atoms with Crippen molar-refractivity contribution >= 4 is 17.0 Å². The smallest absolute Gasteiger partial charge is 0.119 e. The average Bonchev–Trinajstić information content (AvgIpc) is 2.29. The molecule has 1 aliphatic heterocycles. The number of benzene rings is 1. The average molecular weight is 284 g/mol. The minimum Gasteiger partial charge on any atom is -0.508 e. The Morgan fingerprint density at radius 3 is 3.00 bits per heavy atom. The van der Waals surface area contributed by atoms with Crippen LogP contribution in [-0.4, -0.2) is 17.7 Å². The van der Waals surface area contributed by atoms with E-state index in [1.807, 2.05) is 12.1 Å². The van der Waals surface area contributed by atoms with Crippen molar-refractivity contribution in [3.05, 3.63) is 29.3 Å². The molecule has 0 bridgehead atoms. The zero-order valence-corrected chi connectivity index (χ0v) is 11.0.